The summed E-state index contributed by atoms with van der Waals surface area (Å²) in [6.45, 7) is 15.7. The molecule has 20 heavy (non-hydrogen) atoms. The standard InChI is InChI=1S/C16H14.2C2H6/c1-3-13-11-8-12-16(15(13)4-2)14-9-6-5-7-10-14;2*1-2/h3-12H,1-2H2;2*1-2H3. The Labute approximate surface area is 124 Å². The molecule has 0 aliphatic rings. The fraction of sp³-hybridized carbons (Fsp3) is 0.200. The van der Waals surface area contributed by atoms with Crippen molar-refractivity contribution in [3.63, 3.8) is 0 Å². The third kappa shape index (κ3) is 4.55. The van der Waals surface area contributed by atoms with Crippen molar-refractivity contribution < 1.29 is 0 Å². The van der Waals surface area contributed by atoms with Crippen molar-refractivity contribution in [3.8, 4) is 11.1 Å². The van der Waals surface area contributed by atoms with Crippen molar-refractivity contribution in [1.29, 1.82) is 0 Å². The molecule has 0 fully saturated rings. The zero-order valence-corrected chi connectivity index (χ0v) is 13.2. The molecule has 0 bridgehead atoms. The Bertz CT molecular complexity index is 507. The van der Waals surface area contributed by atoms with Gasteiger partial charge >= 0.3 is 0 Å². The van der Waals surface area contributed by atoms with Gasteiger partial charge in [0.2, 0.25) is 0 Å². The number of rotatable bonds is 3. The molecular formula is C20H26. The second-order valence-electron chi connectivity index (χ2n) is 3.58. The molecule has 0 saturated carbocycles. The topological polar surface area (TPSA) is 0 Å². The first kappa shape index (κ1) is 17.9. The molecule has 0 radical (unpaired) electrons. The van der Waals surface area contributed by atoms with Crippen LogP contribution in [0.2, 0.25) is 0 Å². The molecule has 0 amide bonds. The van der Waals surface area contributed by atoms with Gasteiger partial charge in [-0.3, -0.25) is 0 Å². The van der Waals surface area contributed by atoms with Gasteiger partial charge in [-0.15, -0.1) is 0 Å². The van der Waals surface area contributed by atoms with Crippen LogP contribution in [0.1, 0.15) is 38.8 Å². The van der Waals surface area contributed by atoms with Crippen LogP contribution in [0.5, 0.6) is 0 Å². The summed E-state index contributed by atoms with van der Waals surface area (Å²) in [4.78, 5) is 0. The van der Waals surface area contributed by atoms with E-state index in [-0.39, 0.29) is 0 Å². The van der Waals surface area contributed by atoms with E-state index in [0.29, 0.717) is 0 Å². The molecule has 0 aromatic heterocycles. The van der Waals surface area contributed by atoms with Crippen molar-refractivity contribution >= 4 is 12.2 Å². The molecule has 2 aromatic carbocycles. The molecule has 106 valence electrons. The Morgan fingerprint density at radius 2 is 1.30 bits per heavy atom. The van der Waals surface area contributed by atoms with E-state index in [1.807, 2.05) is 64.1 Å². The summed E-state index contributed by atoms with van der Waals surface area (Å²) in [7, 11) is 0. The van der Waals surface area contributed by atoms with E-state index in [4.69, 9.17) is 0 Å². The summed E-state index contributed by atoms with van der Waals surface area (Å²) < 4.78 is 0. The monoisotopic (exact) mass is 266 g/mol. The maximum Gasteiger partial charge on any atom is -0.0106 e. The van der Waals surface area contributed by atoms with Crippen molar-refractivity contribution in [2.45, 2.75) is 27.7 Å². The zero-order valence-electron chi connectivity index (χ0n) is 13.2. The second kappa shape index (κ2) is 10.8. The SMILES string of the molecule is C=Cc1cccc(-c2ccccc2)c1C=C.CC.CC. The number of hydrogen-bond acceptors (Lipinski definition) is 0. The maximum absolute atomic E-state index is 3.88. The first-order valence-electron chi connectivity index (χ1n) is 7.30. The van der Waals surface area contributed by atoms with Crippen LogP contribution in [0.3, 0.4) is 0 Å². The molecule has 0 heterocycles. The highest BCUT2D eigenvalue weighted by atomic mass is 14.1. The minimum Gasteiger partial charge on any atom is -0.0984 e. The molecule has 0 atom stereocenters. The van der Waals surface area contributed by atoms with Crippen LogP contribution in [-0.2, 0) is 0 Å². The van der Waals surface area contributed by atoms with E-state index in [1.165, 1.54) is 11.1 Å². The molecule has 0 heteroatoms. The molecule has 0 saturated heterocycles. The van der Waals surface area contributed by atoms with Crippen LogP contribution in [0.15, 0.2) is 61.7 Å². The Morgan fingerprint density at radius 1 is 0.700 bits per heavy atom. The highest BCUT2D eigenvalue weighted by Crippen LogP contribution is 2.27. The average molecular weight is 266 g/mol. The summed E-state index contributed by atoms with van der Waals surface area (Å²) >= 11 is 0. The third-order valence-electron chi connectivity index (χ3n) is 2.65. The van der Waals surface area contributed by atoms with Gasteiger partial charge in [-0.2, -0.15) is 0 Å². The molecule has 0 unspecified atom stereocenters. The summed E-state index contributed by atoms with van der Waals surface area (Å²) in [6, 6.07) is 16.5. The van der Waals surface area contributed by atoms with Gasteiger partial charge in [0.05, 0.1) is 0 Å². The first-order chi connectivity index (χ1) is 9.86. The zero-order chi connectivity index (χ0) is 15.4. The molecule has 0 spiro atoms. The Hall–Kier alpha value is -2.08. The van der Waals surface area contributed by atoms with Crippen LogP contribution in [0.25, 0.3) is 23.3 Å². The molecule has 0 nitrogen and oxygen atoms in total. The van der Waals surface area contributed by atoms with Gasteiger partial charge in [0.15, 0.2) is 0 Å². The normalized spacial score (nSPS) is 8.40. The minimum absolute atomic E-state index is 1.12. The maximum atomic E-state index is 3.88. The lowest BCUT2D eigenvalue weighted by Gasteiger charge is -2.09. The predicted octanol–water partition coefficient (Wildman–Crippen LogP) is 6.69. The Balaban J connectivity index is 0.000000829. The van der Waals surface area contributed by atoms with Crippen LogP contribution in [0.4, 0.5) is 0 Å². The molecule has 0 N–H and O–H groups in total. The van der Waals surface area contributed by atoms with Gasteiger partial charge in [-0.1, -0.05) is 102 Å². The lowest BCUT2D eigenvalue weighted by Crippen LogP contribution is -1.86. The van der Waals surface area contributed by atoms with E-state index < -0.39 is 0 Å². The number of hydrogen-bond donors (Lipinski definition) is 0. The third-order valence-corrected chi connectivity index (χ3v) is 2.65. The summed E-state index contributed by atoms with van der Waals surface area (Å²) in [6.07, 6.45) is 3.75. The largest absolute Gasteiger partial charge is 0.0984 e. The minimum atomic E-state index is 1.12. The molecular weight excluding hydrogens is 240 g/mol. The van der Waals surface area contributed by atoms with Crippen molar-refractivity contribution in [3.05, 3.63) is 72.8 Å². The average Bonchev–Trinajstić information content (AvgIpc) is 2.58. The van der Waals surface area contributed by atoms with Gasteiger partial charge in [-0.05, 0) is 22.3 Å². The van der Waals surface area contributed by atoms with Crippen LogP contribution in [-0.4, -0.2) is 0 Å². The lowest BCUT2D eigenvalue weighted by molar-refractivity contribution is 1.50. The van der Waals surface area contributed by atoms with Gasteiger partial charge in [-0.25, -0.2) is 0 Å². The van der Waals surface area contributed by atoms with Crippen LogP contribution < -0.4 is 0 Å². The first-order valence-corrected chi connectivity index (χ1v) is 7.30. The smallest absolute Gasteiger partial charge is 0.0106 e. The van der Waals surface area contributed by atoms with E-state index in [2.05, 4.69) is 37.4 Å². The van der Waals surface area contributed by atoms with E-state index in [9.17, 15) is 0 Å². The van der Waals surface area contributed by atoms with Gasteiger partial charge in [0, 0.05) is 0 Å². The highest BCUT2D eigenvalue weighted by molar-refractivity contribution is 5.80. The molecule has 0 aliphatic carbocycles. The van der Waals surface area contributed by atoms with Crippen molar-refractivity contribution in [1.82, 2.24) is 0 Å². The Morgan fingerprint density at radius 3 is 1.80 bits per heavy atom. The fourth-order valence-electron chi connectivity index (χ4n) is 1.86. The molecule has 0 aliphatic heterocycles. The summed E-state index contributed by atoms with van der Waals surface area (Å²) in [5, 5.41) is 0. The Kier molecular flexibility index (Phi) is 9.68. The quantitative estimate of drug-likeness (QED) is 0.580. The van der Waals surface area contributed by atoms with E-state index in [0.717, 1.165) is 11.1 Å². The van der Waals surface area contributed by atoms with E-state index >= 15 is 0 Å². The van der Waals surface area contributed by atoms with E-state index in [1.54, 1.807) is 0 Å². The molecule has 2 rings (SSSR count). The molecule has 2 aromatic rings. The van der Waals surface area contributed by atoms with Gasteiger partial charge in [0.1, 0.15) is 0 Å². The van der Waals surface area contributed by atoms with Crippen LogP contribution >= 0.6 is 0 Å². The predicted molar refractivity (Wildman–Crippen MR) is 94.8 cm³/mol. The fourth-order valence-corrected chi connectivity index (χ4v) is 1.86. The lowest BCUT2D eigenvalue weighted by atomic mass is 9.95. The van der Waals surface area contributed by atoms with Gasteiger partial charge < -0.3 is 0 Å². The highest BCUT2D eigenvalue weighted by Gasteiger charge is 2.04. The summed E-state index contributed by atoms with van der Waals surface area (Å²) in [5.41, 5.74) is 4.68. The van der Waals surface area contributed by atoms with Crippen LogP contribution in [0, 0.1) is 0 Å². The second-order valence-corrected chi connectivity index (χ2v) is 3.58. The number of benzene rings is 2. The summed E-state index contributed by atoms with van der Waals surface area (Å²) in [5.74, 6) is 0. The van der Waals surface area contributed by atoms with Crippen molar-refractivity contribution in [2.24, 2.45) is 0 Å². The van der Waals surface area contributed by atoms with Crippen molar-refractivity contribution in [2.75, 3.05) is 0 Å². The van der Waals surface area contributed by atoms with Gasteiger partial charge in [0.25, 0.3) is 0 Å².